The fourth-order valence-electron chi connectivity index (χ4n) is 11.4. The predicted octanol–water partition coefficient (Wildman–Crippen LogP) is 8.17. The van der Waals surface area contributed by atoms with Gasteiger partial charge in [-0.05, 0) is 110 Å². The molecule has 4 amide bonds. The van der Waals surface area contributed by atoms with E-state index in [2.05, 4.69) is 75.9 Å². The van der Waals surface area contributed by atoms with Crippen molar-refractivity contribution in [1.29, 1.82) is 0 Å². The molecule has 2 aliphatic carbocycles. The summed E-state index contributed by atoms with van der Waals surface area (Å²) in [6, 6.07) is 19.5. The number of hydrogen-bond acceptors (Lipinski definition) is 8. The first-order chi connectivity index (χ1) is 31.3. The van der Waals surface area contributed by atoms with Crippen LogP contribution in [0.15, 0.2) is 73.1 Å². The number of ether oxygens (including phenoxy) is 2. The van der Waals surface area contributed by atoms with Crippen molar-refractivity contribution < 1.29 is 33.8 Å². The normalized spacial score (nSPS) is 27.5. The minimum absolute atomic E-state index is 0.0123. The fourth-order valence-corrected chi connectivity index (χ4v) is 11.4. The molecule has 1 unspecified atom stereocenters. The third-order valence-corrected chi connectivity index (χ3v) is 14.7. The van der Waals surface area contributed by atoms with Crippen molar-refractivity contribution in [2.75, 3.05) is 14.2 Å². The Balaban J connectivity index is 0.824. The molecule has 3 aliphatic heterocycles. The predicted molar refractivity (Wildman–Crippen MR) is 243 cm³/mol. The van der Waals surface area contributed by atoms with Crippen LogP contribution in [0.5, 0.6) is 0 Å². The molecule has 65 heavy (non-hydrogen) atoms. The summed E-state index contributed by atoms with van der Waals surface area (Å²) in [7, 11) is 2.80. The van der Waals surface area contributed by atoms with E-state index in [9.17, 15) is 24.3 Å². The Hall–Kier alpha value is -6.22. The summed E-state index contributed by atoms with van der Waals surface area (Å²) in [4.78, 5) is 74.6. The molecule has 3 saturated heterocycles. The molecule has 2 saturated carbocycles. The number of amides is 4. The summed E-state index contributed by atoms with van der Waals surface area (Å²) in [5.74, 6) is 1.84. The van der Waals surface area contributed by atoms with Crippen LogP contribution in [-0.2, 0) is 19.1 Å². The van der Waals surface area contributed by atoms with E-state index in [1.807, 2.05) is 49.9 Å². The van der Waals surface area contributed by atoms with Crippen molar-refractivity contribution in [1.82, 2.24) is 40.0 Å². The summed E-state index contributed by atoms with van der Waals surface area (Å²) in [5, 5.41) is 14.8. The highest BCUT2D eigenvalue weighted by atomic mass is 16.5. The average Bonchev–Trinajstić information content (AvgIpc) is 3.87. The second-order valence-corrected chi connectivity index (χ2v) is 19.5. The van der Waals surface area contributed by atoms with Crippen molar-refractivity contribution in [3.63, 3.8) is 0 Å². The largest absolute Gasteiger partial charge is 0.465 e. The highest BCUT2D eigenvalue weighted by Gasteiger charge is 2.58. The first-order valence-electron chi connectivity index (χ1n) is 23.1. The SMILES string of the molecule is COC(=O)N[C@H](C(=O)N1C(c2nc(-c3ccc(-c4ccc5cc(-c6c[nH]c([C@@H]7C[C@H]8C[C@H]8N7C(=O)[C@H](C(C)C)N(C)C(=O)O)n6)ccc5c4)cc3)c[nH]2)C[C@H]2C[C@H]21)[C@H]1C[C@@H](C)O[C@@H](C)C1. The van der Waals surface area contributed by atoms with E-state index in [1.54, 1.807) is 0 Å². The number of likely N-dealkylation sites (N-methyl/N-ethyl adjacent to an activating group) is 1. The summed E-state index contributed by atoms with van der Waals surface area (Å²) < 4.78 is 10.9. The van der Waals surface area contributed by atoms with Crippen LogP contribution in [0.2, 0.25) is 0 Å². The van der Waals surface area contributed by atoms with Gasteiger partial charge in [0.05, 0.1) is 42.8 Å². The van der Waals surface area contributed by atoms with Crippen molar-refractivity contribution in [3.05, 3.63) is 84.7 Å². The fraction of sp³-hybridized carbons (Fsp3) is 0.480. The van der Waals surface area contributed by atoms with Gasteiger partial charge in [0.1, 0.15) is 23.7 Å². The number of benzene rings is 3. The zero-order valence-corrected chi connectivity index (χ0v) is 37.7. The maximum absolute atomic E-state index is 14.4. The third-order valence-electron chi connectivity index (χ3n) is 14.7. The number of rotatable bonds is 11. The lowest BCUT2D eigenvalue weighted by Crippen LogP contribution is -2.55. The molecule has 4 N–H and O–H groups in total. The number of fused-ring (bicyclic) bond motifs is 3. The number of alkyl carbamates (subject to hydrolysis) is 1. The number of H-pyrrole nitrogens is 2. The monoisotopic (exact) mass is 882 g/mol. The first kappa shape index (κ1) is 42.7. The molecule has 0 bridgehead atoms. The number of imidazole rings is 2. The van der Waals surface area contributed by atoms with E-state index >= 15 is 0 Å². The number of likely N-dealkylation sites (tertiary alicyclic amines) is 2. The summed E-state index contributed by atoms with van der Waals surface area (Å²) in [5.41, 5.74) is 5.68. The Bertz CT molecular complexity index is 2630. The second-order valence-electron chi connectivity index (χ2n) is 19.5. The Morgan fingerprint density at radius 3 is 1.80 bits per heavy atom. The smallest absolute Gasteiger partial charge is 0.407 e. The highest BCUT2D eigenvalue weighted by Crippen LogP contribution is 2.55. The van der Waals surface area contributed by atoms with Gasteiger partial charge in [-0.2, -0.15) is 0 Å². The Labute approximate surface area is 378 Å². The van der Waals surface area contributed by atoms with Gasteiger partial charge < -0.3 is 39.7 Å². The lowest BCUT2D eigenvalue weighted by Gasteiger charge is -2.38. The maximum atomic E-state index is 14.4. The molecule has 5 fully saturated rings. The van der Waals surface area contributed by atoms with Gasteiger partial charge in [-0.1, -0.05) is 62.4 Å². The minimum atomic E-state index is -1.11. The van der Waals surface area contributed by atoms with E-state index in [4.69, 9.17) is 19.4 Å². The van der Waals surface area contributed by atoms with Crippen LogP contribution in [0.4, 0.5) is 9.59 Å². The van der Waals surface area contributed by atoms with Gasteiger partial charge in [0.25, 0.3) is 0 Å². The van der Waals surface area contributed by atoms with E-state index < -0.39 is 24.3 Å². The molecular formula is C50H58N8O7. The number of carbonyl (C=O) groups excluding carboxylic acids is 3. The lowest BCUT2D eigenvalue weighted by atomic mass is 9.85. The lowest BCUT2D eigenvalue weighted by molar-refractivity contribution is -0.140. The molecule has 11 atom stereocenters. The highest BCUT2D eigenvalue weighted by molar-refractivity contribution is 5.91. The van der Waals surface area contributed by atoms with Crippen LogP contribution >= 0.6 is 0 Å². The van der Waals surface area contributed by atoms with Crippen molar-refractivity contribution in [3.8, 4) is 33.6 Å². The standard InChI is InChI=1S/C50H58N8O7/c1-25(2)44(56(5)50(62)63)48(60)58-40-20-35(40)22-42(58)46-52-24-38(54-46)33-14-13-31-17-30(11-12-32(31)18-33)28-7-9-29(10-8-28)37-23-51-45(53-37)41-21-34-19-39(34)57(41)47(59)43(55-49(61)64-6)36-15-26(3)65-27(4)16-36/h7-14,17-18,23-27,34-36,39-44H,15-16,19-22H2,1-6H3,(H,51,53)(H,52,54)(H,55,61)(H,62,63)/t26-,27+,34-,35-,36+,39-,40-,41?,42+,43+,44+/m1/s1. The number of aromatic nitrogens is 4. The molecule has 5 aliphatic rings. The average molecular weight is 883 g/mol. The van der Waals surface area contributed by atoms with Gasteiger partial charge in [-0.3, -0.25) is 14.5 Å². The molecule has 340 valence electrons. The first-order valence-corrected chi connectivity index (χ1v) is 23.1. The molecule has 3 aromatic carbocycles. The molecular weight excluding hydrogens is 825 g/mol. The van der Waals surface area contributed by atoms with Gasteiger partial charge in [-0.15, -0.1) is 0 Å². The summed E-state index contributed by atoms with van der Waals surface area (Å²) in [6.45, 7) is 7.80. The van der Waals surface area contributed by atoms with Gasteiger partial charge in [-0.25, -0.2) is 19.6 Å². The van der Waals surface area contributed by atoms with Crippen molar-refractivity contribution in [2.24, 2.45) is 23.7 Å². The molecule has 5 aromatic rings. The molecule has 0 radical (unpaired) electrons. The molecule has 5 heterocycles. The maximum Gasteiger partial charge on any atom is 0.407 e. The number of carbonyl (C=O) groups is 4. The van der Waals surface area contributed by atoms with E-state index in [0.717, 1.165) is 86.6 Å². The van der Waals surface area contributed by atoms with Crippen LogP contribution in [0, 0.1) is 23.7 Å². The number of methoxy groups -OCH3 is 1. The number of carboxylic acid groups (broad SMARTS) is 1. The van der Waals surface area contributed by atoms with E-state index in [-0.39, 0.29) is 60.0 Å². The van der Waals surface area contributed by atoms with Crippen LogP contribution in [0.3, 0.4) is 0 Å². The summed E-state index contributed by atoms with van der Waals surface area (Å²) in [6.07, 6.45) is 6.97. The zero-order chi connectivity index (χ0) is 45.4. The van der Waals surface area contributed by atoms with Gasteiger partial charge >= 0.3 is 12.2 Å². The number of hydrogen-bond donors (Lipinski definition) is 4. The minimum Gasteiger partial charge on any atom is -0.465 e. The Morgan fingerprint density at radius 2 is 1.25 bits per heavy atom. The van der Waals surface area contributed by atoms with Gasteiger partial charge in [0, 0.05) is 42.7 Å². The van der Waals surface area contributed by atoms with Crippen molar-refractivity contribution in [2.45, 2.75) is 115 Å². The molecule has 10 rings (SSSR count). The van der Waals surface area contributed by atoms with Crippen LogP contribution in [0.25, 0.3) is 44.4 Å². The number of nitrogens with zero attached hydrogens (tertiary/aromatic N) is 5. The molecule has 15 heteroatoms. The van der Waals surface area contributed by atoms with E-state index in [1.165, 1.54) is 14.2 Å². The zero-order valence-electron chi connectivity index (χ0n) is 37.7. The second kappa shape index (κ2) is 16.6. The molecule has 15 nitrogen and oxygen atoms in total. The number of aromatic amines is 2. The van der Waals surface area contributed by atoms with E-state index in [0.29, 0.717) is 24.7 Å². The number of nitrogens with one attached hydrogen (secondary N) is 3. The van der Waals surface area contributed by atoms with Crippen LogP contribution < -0.4 is 5.32 Å². The van der Waals surface area contributed by atoms with Gasteiger partial charge in [0.15, 0.2) is 0 Å². The Morgan fingerprint density at radius 1 is 0.738 bits per heavy atom. The van der Waals surface area contributed by atoms with Gasteiger partial charge in [0.2, 0.25) is 11.8 Å². The Kier molecular flexibility index (Phi) is 10.9. The molecule has 0 spiro atoms. The number of piperidine rings is 2. The van der Waals surface area contributed by atoms with Crippen LogP contribution in [-0.4, -0.2) is 114 Å². The van der Waals surface area contributed by atoms with Crippen molar-refractivity contribution >= 4 is 34.8 Å². The third kappa shape index (κ3) is 8.01. The topological polar surface area (TPSA) is 186 Å². The van der Waals surface area contributed by atoms with Crippen LogP contribution in [0.1, 0.15) is 90.0 Å². The summed E-state index contributed by atoms with van der Waals surface area (Å²) >= 11 is 0. The molecule has 2 aromatic heterocycles. The quantitative estimate of drug-likeness (QED) is 0.102.